The number of nitrogens with zero attached hydrogens (tertiary/aromatic N) is 4. The second-order valence-corrected chi connectivity index (χ2v) is 7.32. The van der Waals surface area contributed by atoms with Gasteiger partial charge in [0.2, 0.25) is 11.1 Å². The number of aryl methyl sites for hydroxylation is 2. The summed E-state index contributed by atoms with van der Waals surface area (Å²) in [5, 5.41) is 13.8. The third-order valence-corrected chi connectivity index (χ3v) is 5.05. The van der Waals surface area contributed by atoms with Gasteiger partial charge in [-0.3, -0.25) is 4.79 Å². The highest BCUT2D eigenvalue weighted by atomic mass is 32.2. The standard InChI is InChI=1S/C18H17F2N5OS/c1-10-4-6-14(8-11(10)2)25-18(22-23-24-25)27-12(3)17(26)21-16-9-13(19)5-7-15(16)20/h4-9,12H,1-3H3,(H,21,26). The molecular weight excluding hydrogens is 372 g/mol. The number of carbonyl (C=O) groups excluding carboxylic acids is 1. The van der Waals surface area contributed by atoms with Crippen molar-refractivity contribution in [2.45, 2.75) is 31.2 Å². The topological polar surface area (TPSA) is 72.7 Å². The van der Waals surface area contributed by atoms with E-state index in [1.807, 2.05) is 32.0 Å². The first-order valence-electron chi connectivity index (χ1n) is 8.13. The molecule has 1 unspecified atom stereocenters. The minimum atomic E-state index is -0.707. The maximum absolute atomic E-state index is 13.7. The van der Waals surface area contributed by atoms with Gasteiger partial charge in [0.05, 0.1) is 16.6 Å². The molecule has 0 aliphatic heterocycles. The fourth-order valence-corrected chi connectivity index (χ4v) is 3.12. The second kappa shape index (κ2) is 7.83. The van der Waals surface area contributed by atoms with E-state index < -0.39 is 22.8 Å². The molecule has 0 saturated heterocycles. The monoisotopic (exact) mass is 389 g/mol. The number of hydrogen-bond donors (Lipinski definition) is 1. The average molecular weight is 389 g/mol. The van der Waals surface area contributed by atoms with E-state index in [2.05, 4.69) is 20.8 Å². The molecule has 1 N–H and O–H groups in total. The molecule has 2 aromatic carbocycles. The number of aromatic nitrogens is 4. The van der Waals surface area contributed by atoms with Crippen LogP contribution in [0.5, 0.6) is 0 Å². The summed E-state index contributed by atoms with van der Waals surface area (Å²) in [7, 11) is 0. The summed E-state index contributed by atoms with van der Waals surface area (Å²) in [4.78, 5) is 12.3. The number of halogens is 2. The van der Waals surface area contributed by atoms with Gasteiger partial charge in [-0.2, -0.15) is 4.68 Å². The van der Waals surface area contributed by atoms with E-state index in [-0.39, 0.29) is 5.69 Å². The Morgan fingerprint density at radius 1 is 1.15 bits per heavy atom. The SMILES string of the molecule is Cc1ccc(-n2nnnc2SC(C)C(=O)Nc2cc(F)ccc2F)cc1C. The summed E-state index contributed by atoms with van der Waals surface area (Å²) in [5.74, 6) is -1.83. The Kier molecular flexibility index (Phi) is 5.50. The number of hydrogen-bond acceptors (Lipinski definition) is 5. The van der Waals surface area contributed by atoms with Gasteiger partial charge in [0.25, 0.3) is 0 Å². The van der Waals surface area contributed by atoms with Crippen LogP contribution in [0.15, 0.2) is 41.6 Å². The van der Waals surface area contributed by atoms with E-state index in [1.165, 1.54) is 4.68 Å². The summed E-state index contributed by atoms with van der Waals surface area (Å²) in [6, 6.07) is 8.68. The number of thioether (sulfide) groups is 1. The zero-order chi connectivity index (χ0) is 19.6. The van der Waals surface area contributed by atoms with Gasteiger partial charge in [-0.05, 0) is 66.6 Å². The maximum Gasteiger partial charge on any atom is 0.237 e. The van der Waals surface area contributed by atoms with Crippen LogP contribution < -0.4 is 5.32 Å². The molecule has 0 bridgehead atoms. The molecule has 0 spiro atoms. The Morgan fingerprint density at radius 2 is 1.93 bits per heavy atom. The Hall–Kier alpha value is -2.81. The average Bonchev–Trinajstić information content (AvgIpc) is 3.08. The molecule has 0 fully saturated rings. The molecule has 140 valence electrons. The van der Waals surface area contributed by atoms with E-state index in [9.17, 15) is 13.6 Å². The Morgan fingerprint density at radius 3 is 2.67 bits per heavy atom. The molecule has 3 aromatic rings. The fraction of sp³-hybridized carbons (Fsp3) is 0.222. The predicted molar refractivity (Wildman–Crippen MR) is 98.9 cm³/mol. The van der Waals surface area contributed by atoms with Crippen LogP contribution in [0, 0.1) is 25.5 Å². The van der Waals surface area contributed by atoms with Crippen LogP contribution in [0.1, 0.15) is 18.1 Å². The number of amides is 1. The molecule has 9 heteroatoms. The summed E-state index contributed by atoms with van der Waals surface area (Å²) in [6.45, 7) is 5.63. The minimum absolute atomic E-state index is 0.207. The van der Waals surface area contributed by atoms with Gasteiger partial charge in [0.1, 0.15) is 11.6 Å². The molecule has 1 aromatic heterocycles. The number of tetrazole rings is 1. The first-order valence-corrected chi connectivity index (χ1v) is 9.01. The van der Waals surface area contributed by atoms with Gasteiger partial charge >= 0.3 is 0 Å². The third-order valence-electron chi connectivity index (χ3n) is 4.01. The summed E-state index contributed by atoms with van der Waals surface area (Å²) in [6.07, 6.45) is 0. The van der Waals surface area contributed by atoms with Crippen molar-refractivity contribution in [3.63, 3.8) is 0 Å². The molecule has 1 amide bonds. The van der Waals surface area contributed by atoms with E-state index in [0.717, 1.165) is 46.8 Å². The molecule has 0 aliphatic carbocycles. The lowest BCUT2D eigenvalue weighted by molar-refractivity contribution is -0.115. The second-order valence-electron chi connectivity index (χ2n) is 6.02. The fourth-order valence-electron chi connectivity index (χ4n) is 2.31. The molecule has 6 nitrogen and oxygen atoms in total. The Labute approximate surface area is 159 Å². The van der Waals surface area contributed by atoms with E-state index in [0.29, 0.717) is 5.16 Å². The van der Waals surface area contributed by atoms with Crippen molar-refractivity contribution in [1.82, 2.24) is 20.2 Å². The first-order chi connectivity index (χ1) is 12.8. The number of benzene rings is 2. The largest absolute Gasteiger partial charge is 0.323 e. The van der Waals surface area contributed by atoms with E-state index >= 15 is 0 Å². The van der Waals surface area contributed by atoms with E-state index in [4.69, 9.17) is 0 Å². The predicted octanol–water partition coefficient (Wildman–Crippen LogP) is 3.68. The molecule has 0 radical (unpaired) electrons. The highest BCUT2D eigenvalue weighted by Crippen LogP contribution is 2.25. The lowest BCUT2D eigenvalue weighted by Gasteiger charge is -2.12. The van der Waals surface area contributed by atoms with Crippen LogP contribution in [0.4, 0.5) is 14.5 Å². The molecule has 27 heavy (non-hydrogen) atoms. The van der Waals surface area contributed by atoms with Crippen LogP contribution in [0.3, 0.4) is 0 Å². The van der Waals surface area contributed by atoms with Gasteiger partial charge < -0.3 is 5.32 Å². The normalized spacial score (nSPS) is 12.0. The first kappa shape index (κ1) is 19.0. The van der Waals surface area contributed by atoms with Gasteiger partial charge in [-0.15, -0.1) is 5.10 Å². The van der Waals surface area contributed by atoms with Gasteiger partial charge in [-0.25, -0.2) is 8.78 Å². The third kappa shape index (κ3) is 4.30. The van der Waals surface area contributed by atoms with Crippen LogP contribution in [-0.2, 0) is 4.79 Å². The Bertz CT molecular complexity index is 992. The molecule has 0 saturated carbocycles. The lowest BCUT2D eigenvalue weighted by Crippen LogP contribution is -2.23. The summed E-state index contributed by atoms with van der Waals surface area (Å²) < 4.78 is 28.5. The van der Waals surface area contributed by atoms with Crippen LogP contribution >= 0.6 is 11.8 Å². The van der Waals surface area contributed by atoms with Gasteiger partial charge in [-0.1, -0.05) is 17.8 Å². The number of anilines is 1. The molecule has 0 aliphatic rings. The highest BCUT2D eigenvalue weighted by Gasteiger charge is 2.20. The lowest BCUT2D eigenvalue weighted by atomic mass is 10.1. The van der Waals surface area contributed by atoms with Crippen molar-refractivity contribution in [2.24, 2.45) is 0 Å². The Balaban J connectivity index is 1.75. The van der Waals surface area contributed by atoms with Crippen molar-refractivity contribution < 1.29 is 13.6 Å². The van der Waals surface area contributed by atoms with E-state index in [1.54, 1.807) is 6.92 Å². The smallest absolute Gasteiger partial charge is 0.237 e. The van der Waals surface area contributed by atoms with Gasteiger partial charge in [0.15, 0.2) is 0 Å². The molecular formula is C18H17F2N5OS. The van der Waals surface area contributed by atoms with Crippen LogP contribution in [0.25, 0.3) is 5.69 Å². The van der Waals surface area contributed by atoms with Crippen molar-refractivity contribution >= 4 is 23.4 Å². The van der Waals surface area contributed by atoms with Gasteiger partial charge in [0, 0.05) is 6.07 Å². The van der Waals surface area contributed by atoms with Crippen LogP contribution in [-0.4, -0.2) is 31.4 Å². The highest BCUT2D eigenvalue weighted by molar-refractivity contribution is 8.00. The zero-order valence-electron chi connectivity index (χ0n) is 14.9. The van der Waals surface area contributed by atoms with Crippen molar-refractivity contribution in [3.8, 4) is 5.69 Å². The molecule has 3 rings (SSSR count). The number of nitrogens with one attached hydrogen (secondary N) is 1. The van der Waals surface area contributed by atoms with Crippen LogP contribution in [0.2, 0.25) is 0 Å². The number of carbonyl (C=O) groups is 1. The maximum atomic E-state index is 13.7. The quantitative estimate of drug-likeness (QED) is 0.674. The van der Waals surface area contributed by atoms with Crippen molar-refractivity contribution in [1.29, 1.82) is 0 Å². The zero-order valence-corrected chi connectivity index (χ0v) is 15.7. The number of rotatable bonds is 5. The molecule has 1 heterocycles. The van der Waals surface area contributed by atoms with Crippen molar-refractivity contribution in [3.05, 3.63) is 59.2 Å². The minimum Gasteiger partial charge on any atom is -0.323 e. The van der Waals surface area contributed by atoms with Crippen molar-refractivity contribution in [2.75, 3.05) is 5.32 Å². The summed E-state index contributed by atoms with van der Waals surface area (Å²) in [5.41, 5.74) is 2.80. The molecule has 1 atom stereocenters. The summed E-state index contributed by atoms with van der Waals surface area (Å²) >= 11 is 1.12.